The molecule has 0 radical (unpaired) electrons. The van der Waals surface area contributed by atoms with E-state index in [1.165, 1.54) is 11.1 Å². The highest BCUT2D eigenvalue weighted by atomic mass is 16.5. The van der Waals surface area contributed by atoms with Gasteiger partial charge in [-0.3, -0.25) is 0 Å². The average Bonchev–Trinajstić information content (AvgIpc) is 2.58. The topological polar surface area (TPSA) is 30.5 Å². The summed E-state index contributed by atoms with van der Waals surface area (Å²) in [7, 11) is 3.33. The van der Waals surface area contributed by atoms with Gasteiger partial charge < -0.3 is 14.8 Å². The molecule has 0 aromatic heterocycles. The van der Waals surface area contributed by atoms with E-state index in [9.17, 15) is 0 Å². The molecule has 1 unspecified atom stereocenters. The molecule has 1 aromatic rings. The second kappa shape index (κ2) is 3.50. The lowest BCUT2D eigenvalue weighted by Gasteiger charge is -2.11. The van der Waals surface area contributed by atoms with Gasteiger partial charge in [0, 0.05) is 12.6 Å². The van der Waals surface area contributed by atoms with Crippen LogP contribution in [0.3, 0.4) is 0 Å². The van der Waals surface area contributed by atoms with E-state index >= 15 is 0 Å². The fourth-order valence-electron chi connectivity index (χ4n) is 1.87. The molecule has 3 nitrogen and oxygen atoms in total. The zero-order chi connectivity index (χ0) is 10.1. The Bertz CT molecular complexity index is 349. The van der Waals surface area contributed by atoms with Crippen LogP contribution < -0.4 is 14.8 Å². The third-order valence-electron chi connectivity index (χ3n) is 2.71. The van der Waals surface area contributed by atoms with E-state index in [2.05, 4.69) is 18.3 Å². The van der Waals surface area contributed by atoms with Gasteiger partial charge >= 0.3 is 0 Å². The average molecular weight is 193 g/mol. The molecular weight excluding hydrogens is 178 g/mol. The number of benzene rings is 1. The first kappa shape index (κ1) is 9.34. The third-order valence-corrected chi connectivity index (χ3v) is 2.71. The van der Waals surface area contributed by atoms with E-state index in [0.717, 1.165) is 18.0 Å². The molecule has 2 rings (SSSR count). The molecule has 1 aliphatic rings. The van der Waals surface area contributed by atoms with Crippen LogP contribution in [0.15, 0.2) is 12.1 Å². The zero-order valence-corrected chi connectivity index (χ0v) is 8.76. The number of hydrogen-bond donors (Lipinski definition) is 1. The lowest BCUT2D eigenvalue weighted by molar-refractivity contribution is 0.354. The normalized spacial score (nSPS) is 19.2. The molecule has 0 amide bonds. The maximum absolute atomic E-state index is 5.26. The summed E-state index contributed by atoms with van der Waals surface area (Å²) in [6.45, 7) is 3.06. The fourth-order valence-corrected chi connectivity index (χ4v) is 1.87. The van der Waals surface area contributed by atoms with Crippen molar-refractivity contribution in [3.05, 3.63) is 23.3 Å². The molecule has 14 heavy (non-hydrogen) atoms. The number of rotatable bonds is 2. The van der Waals surface area contributed by atoms with Crippen molar-refractivity contribution in [2.45, 2.75) is 19.5 Å². The summed E-state index contributed by atoms with van der Waals surface area (Å²) >= 11 is 0. The first-order valence-electron chi connectivity index (χ1n) is 4.74. The molecule has 1 aliphatic heterocycles. The van der Waals surface area contributed by atoms with E-state index in [-0.39, 0.29) is 0 Å². The maximum atomic E-state index is 5.26. The van der Waals surface area contributed by atoms with E-state index in [1.54, 1.807) is 14.2 Å². The lowest BCUT2D eigenvalue weighted by Crippen LogP contribution is -2.06. The van der Waals surface area contributed by atoms with E-state index in [0.29, 0.717) is 6.04 Å². The molecule has 1 atom stereocenters. The van der Waals surface area contributed by atoms with Crippen LogP contribution in [0.5, 0.6) is 11.5 Å². The van der Waals surface area contributed by atoms with Crippen LogP contribution in [-0.2, 0) is 6.54 Å². The van der Waals surface area contributed by atoms with Crippen LogP contribution in [-0.4, -0.2) is 14.2 Å². The molecule has 0 saturated carbocycles. The van der Waals surface area contributed by atoms with Crippen molar-refractivity contribution in [2.24, 2.45) is 0 Å². The van der Waals surface area contributed by atoms with E-state index in [4.69, 9.17) is 9.47 Å². The Morgan fingerprint density at radius 2 is 1.86 bits per heavy atom. The van der Waals surface area contributed by atoms with Gasteiger partial charge in [-0.15, -0.1) is 0 Å². The predicted molar refractivity (Wildman–Crippen MR) is 54.8 cm³/mol. The van der Waals surface area contributed by atoms with Gasteiger partial charge in [0.05, 0.1) is 14.2 Å². The van der Waals surface area contributed by atoms with E-state index < -0.39 is 0 Å². The zero-order valence-electron chi connectivity index (χ0n) is 8.76. The first-order valence-corrected chi connectivity index (χ1v) is 4.74. The number of hydrogen-bond acceptors (Lipinski definition) is 3. The summed E-state index contributed by atoms with van der Waals surface area (Å²) in [6, 6.07) is 4.51. The van der Waals surface area contributed by atoms with Gasteiger partial charge in [-0.2, -0.15) is 0 Å². The molecule has 3 heteroatoms. The highest BCUT2D eigenvalue weighted by molar-refractivity contribution is 5.49. The third kappa shape index (κ3) is 1.34. The Kier molecular flexibility index (Phi) is 2.33. The Morgan fingerprint density at radius 1 is 1.21 bits per heavy atom. The minimum Gasteiger partial charge on any atom is -0.493 e. The van der Waals surface area contributed by atoms with Gasteiger partial charge in [0.2, 0.25) is 0 Å². The molecule has 76 valence electrons. The summed E-state index contributed by atoms with van der Waals surface area (Å²) in [5.74, 6) is 1.61. The summed E-state index contributed by atoms with van der Waals surface area (Å²) in [5, 5.41) is 3.38. The lowest BCUT2D eigenvalue weighted by atomic mass is 10.1. The summed E-state index contributed by atoms with van der Waals surface area (Å²) in [4.78, 5) is 0. The highest BCUT2D eigenvalue weighted by Gasteiger charge is 2.20. The molecule has 1 N–H and O–H groups in total. The van der Waals surface area contributed by atoms with Crippen LogP contribution in [0.4, 0.5) is 0 Å². The van der Waals surface area contributed by atoms with Crippen LogP contribution >= 0.6 is 0 Å². The molecule has 1 aromatic carbocycles. The van der Waals surface area contributed by atoms with Crippen molar-refractivity contribution in [1.29, 1.82) is 0 Å². The van der Waals surface area contributed by atoms with Gasteiger partial charge in [0.1, 0.15) is 0 Å². The monoisotopic (exact) mass is 193 g/mol. The fraction of sp³-hybridized carbons (Fsp3) is 0.455. The largest absolute Gasteiger partial charge is 0.493 e. The summed E-state index contributed by atoms with van der Waals surface area (Å²) in [6.07, 6.45) is 0. The Hall–Kier alpha value is -1.22. The van der Waals surface area contributed by atoms with Crippen LogP contribution in [0.2, 0.25) is 0 Å². The number of fused-ring (bicyclic) bond motifs is 1. The molecule has 0 saturated heterocycles. The van der Waals surface area contributed by atoms with Crippen molar-refractivity contribution in [1.82, 2.24) is 5.32 Å². The smallest absolute Gasteiger partial charge is 0.161 e. The molecule has 0 aliphatic carbocycles. The van der Waals surface area contributed by atoms with Gasteiger partial charge in [-0.1, -0.05) is 0 Å². The SMILES string of the molecule is COc1cc2c(cc1OC)C(C)NC2. The molecular formula is C11H15NO2. The first-order chi connectivity index (χ1) is 6.76. The number of methoxy groups -OCH3 is 2. The van der Waals surface area contributed by atoms with Crippen molar-refractivity contribution in [2.75, 3.05) is 14.2 Å². The standard InChI is InChI=1S/C11H15NO2/c1-7-9-5-11(14-3)10(13-2)4-8(9)6-12-7/h4-5,7,12H,6H2,1-3H3. The van der Waals surface area contributed by atoms with Crippen molar-refractivity contribution in [3.8, 4) is 11.5 Å². The van der Waals surface area contributed by atoms with Crippen molar-refractivity contribution < 1.29 is 9.47 Å². The van der Waals surface area contributed by atoms with Crippen molar-refractivity contribution in [3.63, 3.8) is 0 Å². The van der Waals surface area contributed by atoms with E-state index in [1.807, 2.05) is 6.07 Å². The molecule has 0 bridgehead atoms. The summed E-state index contributed by atoms with van der Waals surface area (Å²) in [5.41, 5.74) is 2.61. The molecule has 0 fully saturated rings. The molecule has 0 spiro atoms. The number of nitrogens with one attached hydrogen (secondary N) is 1. The Balaban J connectivity index is 2.49. The van der Waals surface area contributed by atoms with Crippen molar-refractivity contribution >= 4 is 0 Å². The summed E-state index contributed by atoms with van der Waals surface area (Å²) < 4.78 is 10.5. The van der Waals surface area contributed by atoms with Gasteiger partial charge in [-0.05, 0) is 30.2 Å². The minimum atomic E-state index is 0.407. The Labute approximate surface area is 84.0 Å². The second-order valence-electron chi connectivity index (χ2n) is 3.51. The van der Waals surface area contributed by atoms with Crippen LogP contribution in [0.25, 0.3) is 0 Å². The van der Waals surface area contributed by atoms with Gasteiger partial charge in [-0.25, -0.2) is 0 Å². The Morgan fingerprint density at radius 3 is 2.50 bits per heavy atom. The highest BCUT2D eigenvalue weighted by Crippen LogP contribution is 2.35. The predicted octanol–water partition coefficient (Wildman–Crippen LogP) is 1.87. The van der Waals surface area contributed by atoms with Gasteiger partial charge in [0.25, 0.3) is 0 Å². The quantitative estimate of drug-likeness (QED) is 0.777. The molecule has 1 heterocycles. The van der Waals surface area contributed by atoms with Crippen LogP contribution in [0, 0.1) is 0 Å². The van der Waals surface area contributed by atoms with Gasteiger partial charge in [0.15, 0.2) is 11.5 Å². The number of ether oxygens (including phenoxy) is 2. The minimum absolute atomic E-state index is 0.407. The van der Waals surface area contributed by atoms with Crippen LogP contribution in [0.1, 0.15) is 24.1 Å². The second-order valence-corrected chi connectivity index (χ2v) is 3.51. The maximum Gasteiger partial charge on any atom is 0.161 e.